The number of rotatable bonds is 1. The second kappa shape index (κ2) is 2.19. The molecule has 0 aliphatic rings. The van der Waals surface area contributed by atoms with Gasteiger partial charge in [-0.1, -0.05) is 0 Å². The Morgan fingerprint density at radius 3 is 2.67 bits per heavy atom. The van der Waals surface area contributed by atoms with E-state index in [1.54, 1.807) is 0 Å². The van der Waals surface area contributed by atoms with Crippen molar-refractivity contribution in [3.63, 3.8) is 0 Å². The van der Waals surface area contributed by atoms with Crippen molar-refractivity contribution in [2.75, 3.05) is 0 Å². The Kier molecular flexibility index (Phi) is 1.53. The largest absolute Gasteiger partial charge is 0.388 e. The summed E-state index contributed by atoms with van der Waals surface area (Å²) in [7, 11) is 3.84. The number of hydrogen-bond acceptors (Lipinski definition) is 1. The second-order valence-electron chi connectivity index (χ2n) is 2.17. The summed E-state index contributed by atoms with van der Waals surface area (Å²) >= 11 is 0. The smallest absolute Gasteiger partial charge is 0.243 e. The van der Waals surface area contributed by atoms with E-state index in [1.807, 2.05) is 35.8 Å². The summed E-state index contributed by atoms with van der Waals surface area (Å²) < 4.78 is 3.80. The van der Waals surface area contributed by atoms with Gasteiger partial charge in [0.1, 0.15) is 12.8 Å². The second-order valence-corrected chi connectivity index (χ2v) is 2.17. The molecule has 0 aromatic carbocycles. The predicted molar refractivity (Wildman–Crippen MR) is 32.5 cm³/mol. The van der Waals surface area contributed by atoms with Gasteiger partial charge in [-0.15, -0.1) is 0 Å². The first-order chi connectivity index (χ1) is 4.24. The lowest BCUT2D eigenvalue weighted by Crippen LogP contribution is -2.29. The van der Waals surface area contributed by atoms with Crippen LogP contribution in [0.25, 0.3) is 0 Å². The molecule has 9 heavy (non-hydrogen) atoms. The zero-order valence-corrected chi connectivity index (χ0v) is 5.70. The molecule has 1 heterocycles. The molecule has 1 aromatic heterocycles. The van der Waals surface area contributed by atoms with Crippen molar-refractivity contribution >= 4 is 0 Å². The van der Waals surface area contributed by atoms with Crippen LogP contribution in [-0.4, -0.2) is 9.67 Å². The third-order valence-corrected chi connectivity index (χ3v) is 1.32. The predicted octanol–water partition coefficient (Wildman–Crippen LogP) is -0.658. The third kappa shape index (κ3) is 1.10. The Balaban J connectivity index is 3.01. The number of hydrogen-bond donors (Lipinski definition) is 1. The number of aliphatic hydroxyl groups excluding tert-OH is 1. The van der Waals surface area contributed by atoms with Crippen LogP contribution < -0.4 is 4.57 Å². The molecule has 0 radical (unpaired) electrons. The summed E-state index contributed by atoms with van der Waals surface area (Å²) in [5.41, 5.74) is 0.928. The summed E-state index contributed by atoms with van der Waals surface area (Å²) in [5.74, 6) is 0. The molecule has 0 spiro atoms. The highest BCUT2D eigenvalue weighted by Gasteiger charge is 2.03. The minimum atomic E-state index is 0.108. The van der Waals surface area contributed by atoms with Crippen LogP contribution in [0.1, 0.15) is 5.69 Å². The average Bonchev–Trinajstić information content (AvgIpc) is 2.10. The van der Waals surface area contributed by atoms with Crippen LogP contribution in [0.5, 0.6) is 0 Å². The van der Waals surface area contributed by atoms with Crippen molar-refractivity contribution in [1.29, 1.82) is 0 Å². The van der Waals surface area contributed by atoms with E-state index in [9.17, 15) is 0 Å². The van der Waals surface area contributed by atoms with Gasteiger partial charge in [0, 0.05) is 0 Å². The van der Waals surface area contributed by atoms with Crippen LogP contribution in [0.2, 0.25) is 0 Å². The lowest BCUT2D eigenvalue weighted by molar-refractivity contribution is -0.680. The minimum Gasteiger partial charge on any atom is -0.388 e. The first-order valence-electron chi connectivity index (χ1n) is 2.85. The number of aliphatic hydroxyl groups is 1. The Morgan fingerprint density at radius 2 is 2.44 bits per heavy atom. The molecule has 3 nitrogen and oxygen atoms in total. The molecule has 0 saturated heterocycles. The van der Waals surface area contributed by atoms with E-state index in [1.165, 1.54) is 0 Å². The van der Waals surface area contributed by atoms with E-state index in [0.717, 1.165) is 5.69 Å². The van der Waals surface area contributed by atoms with Gasteiger partial charge in [-0.25, -0.2) is 9.13 Å². The maximum absolute atomic E-state index is 8.70. The third-order valence-electron chi connectivity index (χ3n) is 1.32. The highest BCUT2D eigenvalue weighted by molar-refractivity contribution is 4.84. The van der Waals surface area contributed by atoms with E-state index >= 15 is 0 Å². The molecule has 0 saturated carbocycles. The van der Waals surface area contributed by atoms with E-state index in [4.69, 9.17) is 5.11 Å². The van der Waals surface area contributed by atoms with Gasteiger partial charge in [-0.3, -0.25) is 0 Å². The Morgan fingerprint density at radius 1 is 1.78 bits per heavy atom. The number of imidazole rings is 1. The summed E-state index contributed by atoms with van der Waals surface area (Å²) in [6.45, 7) is 0.108. The molecule has 0 amide bonds. The molecular formula is C6H11N2O+. The Bertz CT molecular complexity index is 205. The molecule has 0 aliphatic heterocycles. The Labute approximate surface area is 54.2 Å². The Hall–Kier alpha value is -0.830. The molecular weight excluding hydrogens is 116 g/mol. The van der Waals surface area contributed by atoms with Gasteiger partial charge in [0.2, 0.25) is 6.33 Å². The fourth-order valence-corrected chi connectivity index (χ4v) is 0.859. The first-order valence-corrected chi connectivity index (χ1v) is 2.85. The standard InChI is InChI=1S/C6H11N2O/c1-7-3-6(4-9)8(2)5-7/h3,5,9H,4H2,1-2H3/q+1. The van der Waals surface area contributed by atoms with Crippen LogP contribution in [0.4, 0.5) is 0 Å². The van der Waals surface area contributed by atoms with Crippen LogP contribution in [0.15, 0.2) is 12.5 Å². The number of aromatic nitrogens is 2. The average molecular weight is 127 g/mol. The van der Waals surface area contributed by atoms with Crippen LogP contribution in [0.3, 0.4) is 0 Å². The first kappa shape index (κ1) is 6.29. The van der Waals surface area contributed by atoms with Crippen LogP contribution >= 0.6 is 0 Å². The zero-order valence-electron chi connectivity index (χ0n) is 5.70. The quantitative estimate of drug-likeness (QED) is 0.499. The van der Waals surface area contributed by atoms with Gasteiger partial charge in [0.25, 0.3) is 0 Å². The van der Waals surface area contributed by atoms with E-state index in [2.05, 4.69) is 0 Å². The molecule has 1 N–H and O–H groups in total. The SMILES string of the molecule is Cn1cc(CO)[n+](C)c1. The number of nitrogens with zero attached hydrogens (tertiary/aromatic N) is 2. The van der Waals surface area contributed by atoms with Crippen molar-refractivity contribution in [3.8, 4) is 0 Å². The molecule has 0 unspecified atom stereocenters. The van der Waals surface area contributed by atoms with Gasteiger partial charge >= 0.3 is 0 Å². The maximum Gasteiger partial charge on any atom is 0.243 e. The van der Waals surface area contributed by atoms with Crippen LogP contribution in [-0.2, 0) is 20.7 Å². The summed E-state index contributed by atoms with van der Waals surface area (Å²) in [4.78, 5) is 0. The maximum atomic E-state index is 8.70. The van der Waals surface area contributed by atoms with E-state index in [-0.39, 0.29) is 6.61 Å². The highest BCUT2D eigenvalue weighted by atomic mass is 16.3. The van der Waals surface area contributed by atoms with Gasteiger partial charge in [0.15, 0.2) is 5.69 Å². The molecule has 0 fully saturated rings. The topological polar surface area (TPSA) is 29.0 Å². The van der Waals surface area contributed by atoms with Crippen molar-refractivity contribution < 1.29 is 9.67 Å². The molecule has 0 aliphatic carbocycles. The monoisotopic (exact) mass is 127 g/mol. The molecule has 1 rings (SSSR count). The highest BCUT2D eigenvalue weighted by Crippen LogP contribution is 1.88. The van der Waals surface area contributed by atoms with Crippen molar-refractivity contribution in [1.82, 2.24) is 4.57 Å². The molecule has 3 heteroatoms. The van der Waals surface area contributed by atoms with Crippen molar-refractivity contribution in [2.45, 2.75) is 6.61 Å². The summed E-state index contributed by atoms with van der Waals surface area (Å²) in [6, 6.07) is 0. The molecule has 0 atom stereocenters. The van der Waals surface area contributed by atoms with Crippen molar-refractivity contribution in [3.05, 3.63) is 18.2 Å². The number of aryl methyl sites for hydroxylation is 2. The zero-order chi connectivity index (χ0) is 6.85. The van der Waals surface area contributed by atoms with Gasteiger partial charge in [-0.05, 0) is 0 Å². The van der Waals surface area contributed by atoms with E-state index in [0.29, 0.717) is 0 Å². The fourth-order valence-electron chi connectivity index (χ4n) is 0.859. The van der Waals surface area contributed by atoms with Crippen molar-refractivity contribution in [2.24, 2.45) is 14.1 Å². The summed E-state index contributed by atoms with van der Waals surface area (Å²) in [6.07, 6.45) is 3.80. The lowest BCUT2D eigenvalue weighted by Gasteiger charge is -1.84. The molecule has 0 bridgehead atoms. The minimum absolute atomic E-state index is 0.108. The molecule has 1 aromatic rings. The van der Waals surface area contributed by atoms with Crippen LogP contribution in [0, 0.1) is 0 Å². The fraction of sp³-hybridized carbons (Fsp3) is 0.500. The molecule has 50 valence electrons. The normalized spacial score (nSPS) is 10.1. The van der Waals surface area contributed by atoms with Gasteiger partial charge in [0.05, 0.1) is 14.1 Å². The summed E-state index contributed by atoms with van der Waals surface area (Å²) in [5, 5.41) is 8.70. The van der Waals surface area contributed by atoms with Gasteiger partial charge < -0.3 is 5.11 Å². The van der Waals surface area contributed by atoms with Gasteiger partial charge in [-0.2, -0.15) is 0 Å². The van der Waals surface area contributed by atoms with E-state index < -0.39 is 0 Å². The lowest BCUT2D eigenvalue weighted by atomic mass is 10.5.